The highest BCUT2D eigenvalue weighted by atomic mass is 19.4. The van der Waals surface area contributed by atoms with Crippen LogP contribution in [0.4, 0.5) is 18.0 Å². The molecule has 3 heterocycles. The van der Waals surface area contributed by atoms with Gasteiger partial charge < -0.3 is 19.4 Å². The molecule has 132 valence electrons. The molecule has 0 atom stereocenters. The van der Waals surface area contributed by atoms with Crippen molar-refractivity contribution in [2.24, 2.45) is 0 Å². The van der Waals surface area contributed by atoms with Gasteiger partial charge in [0, 0.05) is 32.2 Å². The van der Waals surface area contributed by atoms with Crippen LogP contribution in [0.15, 0.2) is 18.2 Å². The van der Waals surface area contributed by atoms with Crippen molar-refractivity contribution in [3.63, 3.8) is 0 Å². The first-order chi connectivity index (χ1) is 11.3. The molecule has 0 spiro atoms. The number of hydrogen-bond donors (Lipinski definition) is 0. The van der Waals surface area contributed by atoms with Crippen LogP contribution in [0.1, 0.15) is 5.69 Å². The van der Waals surface area contributed by atoms with Gasteiger partial charge in [0.1, 0.15) is 11.8 Å². The van der Waals surface area contributed by atoms with Crippen LogP contribution in [-0.2, 0) is 6.18 Å². The predicted octanol–water partition coefficient (Wildman–Crippen LogP) is 1.53. The zero-order chi connectivity index (χ0) is 17.3. The summed E-state index contributed by atoms with van der Waals surface area (Å²) in [6.45, 7) is 3.78. The van der Waals surface area contributed by atoms with Gasteiger partial charge in [0.25, 0.3) is 0 Å². The zero-order valence-corrected chi connectivity index (χ0v) is 13.3. The van der Waals surface area contributed by atoms with E-state index in [0.717, 1.165) is 19.2 Å². The Balaban J connectivity index is 1.50. The average molecular weight is 344 g/mol. The van der Waals surface area contributed by atoms with E-state index in [9.17, 15) is 18.0 Å². The van der Waals surface area contributed by atoms with Crippen LogP contribution in [0.5, 0.6) is 5.88 Å². The van der Waals surface area contributed by atoms with Crippen molar-refractivity contribution >= 4 is 6.03 Å². The molecule has 0 unspecified atom stereocenters. The number of pyridine rings is 1. The summed E-state index contributed by atoms with van der Waals surface area (Å²) in [4.78, 5) is 21.3. The number of urea groups is 1. The van der Waals surface area contributed by atoms with E-state index in [1.807, 2.05) is 7.05 Å². The minimum atomic E-state index is -4.50. The van der Waals surface area contributed by atoms with Gasteiger partial charge in [-0.1, -0.05) is 6.07 Å². The van der Waals surface area contributed by atoms with Crippen molar-refractivity contribution in [1.29, 1.82) is 0 Å². The standard InChI is InChI=1S/C15H19F3N4O2/c1-20-5-7-21(8-6-20)14(23)22-9-11(10-22)24-13-4-2-3-12(19-13)15(16,17)18/h2-4,11H,5-10H2,1H3. The van der Waals surface area contributed by atoms with Gasteiger partial charge in [-0.3, -0.25) is 0 Å². The number of amides is 2. The van der Waals surface area contributed by atoms with Gasteiger partial charge in [-0.15, -0.1) is 0 Å². The summed E-state index contributed by atoms with van der Waals surface area (Å²) in [5.74, 6) is -0.0680. The Hall–Kier alpha value is -2.03. The summed E-state index contributed by atoms with van der Waals surface area (Å²) in [6, 6.07) is 3.51. The molecular formula is C15H19F3N4O2. The molecule has 6 nitrogen and oxygen atoms in total. The molecule has 2 amide bonds. The molecule has 0 aliphatic carbocycles. The number of carbonyl (C=O) groups is 1. The highest BCUT2D eigenvalue weighted by molar-refractivity contribution is 5.75. The van der Waals surface area contributed by atoms with Crippen LogP contribution in [0.25, 0.3) is 0 Å². The van der Waals surface area contributed by atoms with Crippen molar-refractivity contribution in [2.45, 2.75) is 12.3 Å². The highest BCUT2D eigenvalue weighted by Gasteiger charge is 2.37. The van der Waals surface area contributed by atoms with Crippen LogP contribution in [0.2, 0.25) is 0 Å². The lowest BCUT2D eigenvalue weighted by Crippen LogP contribution is -2.61. The van der Waals surface area contributed by atoms with E-state index in [0.29, 0.717) is 26.2 Å². The number of halogens is 3. The Morgan fingerprint density at radius 3 is 2.46 bits per heavy atom. The summed E-state index contributed by atoms with van der Waals surface area (Å²) in [6.07, 6.45) is -4.82. The van der Waals surface area contributed by atoms with Crippen LogP contribution in [0, 0.1) is 0 Å². The first-order valence-electron chi connectivity index (χ1n) is 7.76. The Labute approximate surface area is 137 Å². The van der Waals surface area contributed by atoms with Gasteiger partial charge in [0.2, 0.25) is 5.88 Å². The fourth-order valence-electron chi connectivity index (χ4n) is 2.68. The van der Waals surface area contributed by atoms with E-state index in [2.05, 4.69) is 9.88 Å². The van der Waals surface area contributed by atoms with Gasteiger partial charge >= 0.3 is 12.2 Å². The third-order valence-corrected chi connectivity index (χ3v) is 4.19. The molecule has 0 bridgehead atoms. The second-order valence-electron chi connectivity index (χ2n) is 6.08. The van der Waals surface area contributed by atoms with Gasteiger partial charge in [-0.2, -0.15) is 13.2 Å². The summed E-state index contributed by atoms with van der Waals surface area (Å²) < 4.78 is 43.3. The number of likely N-dealkylation sites (tertiary alicyclic amines) is 1. The van der Waals surface area contributed by atoms with Crippen LogP contribution in [0.3, 0.4) is 0 Å². The molecule has 1 aromatic rings. The maximum Gasteiger partial charge on any atom is 0.433 e. The lowest BCUT2D eigenvalue weighted by Gasteiger charge is -2.43. The highest BCUT2D eigenvalue weighted by Crippen LogP contribution is 2.29. The molecular weight excluding hydrogens is 325 g/mol. The van der Waals surface area contributed by atoms with Gasteiger partial charge in [-0.25, -0.2) is 9.78 Å². The Morgan fingerprint density at radius 1 is 1.17 bits per heavy atom. The number of nitrogens with zero attached hydrogens (tertiary/aromatic N) is 4. The molecule has 2 saturated heterocycles. The smallest absolute Gasteiger partial charge is 0.433 e. The van der Waals surface area contributed by atoms with E-state index in [1.54, 1.807) is 9.80 Å². The molecule has 0 N–H and O–H groups in total. The van der Waals surface area contributed by atoms with Crippen molar-refractivity contribution in [3.05, 3.63) is 23.9 Å². The summed E-state index contributed by atoms with van der Waals surface area (Å²) in [7, 11) is 2.01. The van der Waals surface area contributed by atoms with Gasteiger partial charge in [-0.05, 0) is 13.1 Å². The lowest BCUT2D eigenvalue weighted by molar-refractivity contribution is -0.141. The van der Waals surface area contributed by atoms with Gasteiger partial charge in [0.15, 0.2) is 0 Å². The van der Waals surface area contributed by atoms with Gasteiger partial charge in [0.05, 0.1) is 13.1 Å². The molecule has 1 aromatic heterocycles. The van der Waals surface area contributed by atoms with Crippen molar-refractivity contribution < 1.29 is 22.7 Å². The normalized spacial score (nSPS) is 20.0. The largest absolute Gasteiger partial charge is 0.471 e. The molecule has 2 fully saturated rings. The van der Waals surface area contributed by atoms with Crippen LogP contribution >= 0.6 is 0 Å². The number of aromatic nitrogens is 1. The maximum atomic E-state index is 12.6. The third kappa shape index (κ3) is 3.72. The molecule has 0 aromatic carbocycles. The number of ether oxygens (including phenoxy) is 1. The number of likely N-dealkylation sites (N-methyl/N-ethyl adjacent to an activating group) is 1. The first kappa shape index (κ1) is 16.8. The summed E-state index contributed by atoms with van der Waals surface area (Å²) >= 11 is 0. The van der Waals surface area contributed by atoms with Crippen molar-refractivity contribution in [1.82, 2.24) is 19.7 Å². The number of alkyl halides is 3. The third-order valence-electron chi connectivity index (χ3n) is 4.19. The fraction of sp³-hybridized carbons (Fsp3) is 0.600. The molecule has 0 radical (unpaired) electrons. The van der Waals surface area contributed by atoms with E-state index in [1.165, 1.54) is 12.1 Å². The minimum absolute atomic E-state index is 0.0417. The Bertz CT molecular complexity index is 597. The topological polar surface area (TPSA) is 48.9 Å². The van der Waals surface area contributed by atoms with E-state index < -0.39 is 11.9 Å². The molecule has 2 aliphatic rings. The van der Waals surface area contributed by atoms with Crippen molar-refractivity contribution in [2.75, 3.05) is 46.3 Å². The van der Waals surface area contributed by atoms with E-state index >= 15 is 0 Å². The van der Waals surface area contributed by atoms with E-state index in [4.69, 9.17) is 4.74 Å². The number of piperazine rings is 1. The number of hydrogen-bond acceptors (Lipinski definition) is 4. The van der Waals surface area contributed by atoms with E-state index in [-0.39, 0.29) is 18.0 Å². The molecule has 3 rings (SSSR count). The molecule has 0 saturated carbocycles. The average Bonchev–Trinajstić information content (AvgIpc) is 2.50. The second-order valence-corrected chi connectivity index (χ2v) is 6.08. The maximum absolute atomic E-state index is 12.6. The molecule has 9 heteroatoms. The fourth-order valence-corrected chi connectivity index (χ4v) is 2.68. The summed E-state index contributed by atoms with van der Waals surface area (Å²) in [5.41, 5.74) is -0.982. The predicted molar refractivity (Wildman–Crippen MR) is 79.7 cm³/mol. The Kier molecular flexibility index (Phi) is 4.53. The summed E-state index contributed by atoms with van der Waals surface area (Å²) in [5, 5.41) is 0. The quantitative estimate of drug-likeness (QED) is 0.816. The molecule has 2 aliphatic heterocycles. The minimum Gasteiger partial charge on any atom is -0.471 e. The van der Waals surface area contributed by atoms with Crippen LogP contribution in [-0.4, -0.2) is 78.1 Å². The monoisotopic (exact) mass is 344 g/mol. The van der Waals surface area contributed by atoms with Crippen molar-refractivity contribution in [3.8, 4) is 5.88 Å². The SMILES string of the molecule is CN1CCN(C(=O)N2CC(Oc3cccc(C(F)(F)F)n3)C2)CC1. The second kappa shape index (κ2) is 6.46. The zero-order valence-electron chi connectivity index (χ0n) is 13.3. The van der Waals surface area contributed by atoms with Crippen LogP contribution < -0.4 is 4.74 Å². The number of rotatable bonds is 2. The lowest BCUT2D eigenvalue weighted by atomic mass is 10.2. The number of carbonyl (C=O) groups excluding carboxylic acids is 1. The first-order valence-corrected chi connectivity index (χ1v) is 7.76. The molecule has 24 heavy (non-hydrogen) atoms. The Morgan fingerprint density at radius 2 is 1.83 bits per heavy atom.